The highest BCUT2D eigenvalue weighted by atomic mass is 32.1. The summed E-state index contributed by atoms with van der Waals surface area (Å²) in [4.78, 5) is 37.6. The second kappa shape index (κ2) is 8.21. The second-order valence-electron chi connectivity index (χ2n) is 6.49. The van der Waals surface area contributed by atoms with E-state index < -0.39 is 15.5 Å². The summed E-state index contributed by atoms with van der Waals surface area (Å²) in [6.07, 6.45) is 1.46. The molecule has 0 fully saturated rings. The fraction of sp³-hybridized carbons (Fsp3) is 0. The van der Waals surface area contributed by atoms with Crippen LogP contribution in [0.3, 0.4) is 0 Å². The van der Waals surface area contributed by atoms with Gasteiger partial charge < -0.3 is 4.42 Å². The summed E-state index contributed by atoms with van der Waals surface area (Å²) < 4.78 is 5.25. The van der Waals surface area contributed by atoms with E-state index in [9.17, 15) is 30.3 Å². The topological polar surface area (TPSA) is 153 Å². The van der Waals surface area contributed by atoms with Gasteiger partial charge in [-0.1, -0.05) is 12.1 Å². The molecule has 0 aliphatic heterocycles. The number of allylic oxidation sites excluding steroid dienone is 1. The molecule has 0 spiro atoms. The number of non-ortho nitro benzene ring substituents is 2. The third-order valence-corrected chi connectivity index (χ3v) is 5.33. The molecule has 32 heavy (non-hydrogen) atoms. The molecule has 0 saturated heterocycles. The molecule has 4 rings (SSSR count). The molecule has 2 aromatic carbocycles. The van der Waals surface area contributed by atoms with Crippen LogP contribution in [0.2, 0.25) is 0 Å². The van der Waals surface area contributed by atoms with E-state index in [1.807, 2.05) is 6.07 Å². The van der Waals surface area contributed by atoms with Crippen molar-refractivity contribution in [1.82, 2.24) is 4.98 Å². The van der Waals surface area contributed by atoms with Crippen LogP contribution in [-0.4, -0.2) is 14.8 Å². The van der Waals surface area contributed by atoms with Crippen LogP contribution in [0.25, 0.3) is 33.9 Å². The van der Waals surface area contributed by atoms with Gasteiger partial charge in [-0.15, -0.1) is 11.3 Å². The molecule has 2 aromatic heterocycles. The standard InChI is InChI=1S/C21H10N4O6S/c22-10-14(6-12-2-1-3-15(7-12)24(27)28)20-23-18(11-32-20)17-9-13-8-16(25(29)30)4-5-19(13)31-21(17)26/h1-9,11H. The van der Waals surface area contributed by atoms with Crippen LogP contribution in [0.5, 0.6) is 0 Å². The first kappa shape index (κ1) is 20.6. The van der Waals surface area contributed by atoms with Crippen molar-refractivity contribution in [2.75, 3.05) is 0 Å². The molecule has 0 atom stereocenters. The van der Waals surface area contributed by atoms with Crippen LogP contribution in [-0.2, 0) is 0 Å². The average molecular weight is 446 g/mol. The Morgan fingerprint density at radius 3 is 2.56 bits per heavy atom. The van der Waals surface area contributed by atoms with Gasteiger partial charge in [-0.05, 0) is 23.8 Å². The molecule has 2 heterocycles. The lowest BCUT2D eigenvalue weighted by atomic mass is 10.1. The Bertz CT molecular complexity index is 1530. The summed E-state index contributed by atoms with van der Waals surface area (Å²) in [6.45, 7) is 0. The minimum absolute atomic E-state index is 0.0909. The molecule has 0 amide bonds. The van der Waals surface area contributed by atoms with Gasteiger partial charge in [-0.2, -0.15) is 5.26 Å². The number of hydrogen-bond acceptors (Lipinski definition) is 9. The first-order valence-corrected chi connectivity index (χ1v) is 9.78. The molecule has 0 saturated carbocycles. The number of hydrogen-bond donors (Lipinski definition) is 0. The molecule has 156 valence electrons. The zero-order chi connectivity index (χ0) is 22.8. The van der Waals surface area contributed by atoms with E-state index in [1.165, 1.54) is 48.5 Å². The second-order valence-corrected chi connectivity index (χ2v) is 7.34. The van der Waals surface area contributed by atoms with Gasteiger partial charge in [0.05, 0.1) is 26.7 Å². The van der Waals surface area contributed by atoms with E-state index in [1.54, 1.807) is 11.4 Å². The number of nitrogens with zero attached hydrogens (tertiary/aromatic N) is 4. The van der Waals surface area contributed by atoms with Gasteiger partial charge in [-0.25, -0.2) is 9.78 Å². The Morgan fingerprint density at radius 1 is 1.09 bits per heavy atom. The maximum Gasteiger partial charge on any atom is 0.345 e. The molecule has 10 nitrogen and oxygen atoms in total. The van der Waals surface area contributed by atoms with E-state index in [4.69, 9.17) is 4.42 Å². The van der Waals surface area contributed by atoms with Gasteiger partial charge in [-0.3, -0.25) is 20.2 Å². The van der Waals surface area contributed by atoms with Gasteiger partial charge >= 0.3 is 5.63 Å². The number of nitro benzene ring substituents is 2. The summed E-state index contributed by atoms with van der Waals surface area (Å²) in [6, 6.07) is 13.1. The highest BCUT2D eigenvalue weighted by Crippen LogP contribution is 2.29. The van der Waals surface area contributed by atoms with Crippen molar-refractivity contribution in [3.8, 4) is 17.3 Å². The molecule has 0 radical (unpaired) electrons. The van der Waals surface area contributed by atoms with E-state index in [2.05, 4.69) is 4.98 Å². The quantitative estimate of drug-likeness (QED) is 0.183. The van der Waals surface area contributed by atoms with Gasteiger partial charge in [0, 0.05) is 35.0 Å². The smallest absolute Gasteiger partial charge is 0.345 e. The van der Waals surface area contributed by atoms with E-state index in [-0.39, 0.29) is 33.8 Å². The molecule has 0 aliphatic carbocycles. The Morgan fingerprint density at radius 2 is 1.84 bits per heavy atom. The van der Waals surface area contributed by atoms with Crippen LogP contribution < -0.4 is 5.63 Å². The average Bonchev–Trinajstić information content (AvgIpc) is 3.26. The number of thiazole rings is 1. The van der Waals surface area contributed by atoms with Crippen molar-refractivity contribution >= 4 is 45.3 Å². The molecule has 0 aliphatic rings. The Labute approximate surface area is 182 Å². The van der Waals surface area contributed by atoms with Crippen molar-refractivity contribution < 1.29 is 14.3 Å². The number of nitro groups is 2. The van der Waals surface area contributed by atoms with Crippen molar-refractivity contribution in [3.05, 3.63) is 95.1 Å². The summed E-state index contributed by atoms with van der Waals surface area (Å²) in [5, 5.41) is 33.7. The van der Waals surface area contributed by atoms with Crippen LogP contribution in [0.4, 0.5) is 11.4 Å². The van der Waals surface area contributed by atoms with Gasteiger partial charge in [0.15, 0.2) is 0 Å². The Hall–Kier alpha value is -4.69. The monoisotopic (exact) mass is 446 g/mol. The van der Waals surface area contributed by atoms with Crippen molar-refractivity contribution in [3.63, 3.8) is 0 Å². The number of rotatable bonds is 5. The minimum Gasteiger partial charge on any atom is -0.422 e. The number of fused-ring (bicyclic) bond motifs is 1. The zero-order valence-corrected chi connectivity index (χ0v) is 16.7. The molecule has 0 N–H and O–H groups in total. The van der Waals surface area contributed by atoms with Crippen LogP contribution in [0.1, 0.15) is 10.6 Å². The van der Waals surface area contributed by atoms with Gasteiger partial charge in [0.25, 0.3) is 11.4 Å². The predicted molar refractivity (Wildman–Crippen MR) is 117 cm³/mol. The van der Waals surface area contributed by atoms with Gasteiger partial charge in [0.1, 0.15) is 16.7 Å². The fourth-order valence-electron chi connectivity index (χ4n) is 2.96. The third kappa shape index (κ3) is 3.98. The molecule has 11 heteroatoms. The summed E-state index contributed by atoms with van der Waals surface area (Å²) in [5.41, 5.74) is 0.196. The first-order chi connectivity index (χ1) is 15.4. The lowest BCUT2D eigenvalue weighted by Gasteiger charge is -2.00. The number of benzene rings is 2. The van der Waals surface area contributed by atoms with Crippen molar-refractivity contribution in [2.24, 2.45) is 0 Å². The minimum atomic E-state index is -0.677. The zero-order valence-electron chi connectivity index (χ0n) is 15.9. The Kier molecular flexibility index (Phi) is 5.28. The third-order valence-electron chi connectivity index (χ3n) is 4.45. The lowest BCUT2D eigenvalue weighted by Crippen LogP contribution is -2.03. The molecular formula is C21H10N4O6S. The van der Waals surface area contributed by atoms with Gasteiger partial charge in [0.2, 0.25) is 0 Å². The van der Waals surface area contributed by atoms with Crippen molar-refractivity contribution in [2.45, 2.75) is 0 Å². The highest BCUT2D eigenvalue weighted by Gasteiger charge is 2.16. The molecular weight excluding hydrogens is 436 g/mol. The van der Waals surface area contributed by atoms with Crippen molar-refractivity contribution in [1.29, 1.82) is 5.26 Å². The largest absolute Gasteiger partial charge is 0.422 e. The maximum absolute atomic E-state index is 12.4. The summed E-state index contributed by atoms with van der Waals surface area (Å²) in [7, 11) is 0. The predicted octanol–water partition coefficient (Wildman–Crippen LogP) is 4.80. The SMILES string of the molecule is N#CC(=Cc1cccc([N+](=O)[O-])c1)c1nc(-c2cc3cc([N+](=O)[O-])ccc3oc2=O)cs1. The highest BCUT2D eigenvalue weighted by molar-refractivity contribution is 7.11. The van der Waals surface area contributed by atoms with Crippen LogP contribution in [0, 0.1) is 31.6 Å². The van der Waals surface area contributed by atoms with Crippen LogP contribution >= 0.6 is 11.3 Å². The Balaban J connectivity index is 1.75. The fourth-order valence-corrected chi connectivity index (χ4v) is 3.75. The number of nitriles is 1. The lowest BCUT2D eigenvalue weighted by molar-refractivity contribution is -0.385. The van der Waals surface area contributed by atoms with E-state index >= 15 is 0 Å². The normalized spacial score (nSPS) is 11.3. The maximum atomic E-state index is 12.4. The van der Waals surface area contributed by atoms with E-state index in [0.29, 0.717) is 16.0 Å². The summed E-state index contributed by atoms with van der Waals surface area (Å²) in [5.74, 6) is 0. The molecule has 4 aromatic rings. The molecule has 0 bridgehead atoms. The van der Waals surface area contributed by atoms with Crippen LogP contribution in [0.15, 0.2) is 63.1 Å². The number of aromatic nitrogens is 1. The van der Waals surface area contributed by atoms with E-state index in [0.717, 1.165) is 11.3 Å². The first-order valence-electron chi connectivity index (χ1n) is 8.90. The molecule has 0 unspecified atom stereocenters. The summed E-state index contributed by atoms with van der Waals surface area (Å²) >= 11 is 1.10.